The first-order valence-electron chi connectivity index (χ1n) is 11.6. The van der Waals surface area contributed by atoms with Crippen LogP contribution in [0.1, 0.15) is 31.9 Å². The summed E-state index contributed by atoms with van der Waals surface area (Å²) in [7, 11) is 0. The van der Waals surface area contributed by atoms with Crippen molar-refractivity contribution in [3.63, 3.8) is 0 Å². The van der Waals surface area contributed by atoms with Crippen LogP contribution in [0.15, 0.2) is 72.6 Å². The Kier molecular flexibility index (Phi) is 7.03. The van der Waals surface area contributed by atoms with Crippen molar-refractivity contribution in [1.82, 2.24) is 15.8 Å². The number of hydrogen-bond donors (Lipinski definition) is 3. The molecule has 0 bridgehead atoms. The second-order valence-corrected chi connectivity index (χ2v) is 8.90. The summed E-state index contributed by atoms with van der Waals surface area (Å²) in [6, 6.07) is 17.2. The minimum atomic E-state index is -1.30. The number of nitrogens with one attached hydrogen (secondary N) is 3. The molecule has 1 aromatic heterocycles. The van der Waals surface area contributed by atoms with E-state index in [1.54, 1.807) is 13.0 Å². The van der Waals surface area contributed by atoms with Crippen LogP contribution in [0, 0.1) is 5.92 Å². The molecule has 0 saturated carbocycles. The summed E-state index contributed by atoms with van der Waals surface area (Å²) < 4.78 is 5.34. The van der Waals surface area contributed by atoms with Gasteiger partial charge in [-0.1, -0.05) is 62.4 Å². The molecule has 0 spiro atoms. The van der Waals surface area contributed by atoms with Gasteiger partial charge in [0.2, 0.25) is 11.5 Å². The summed E-state index contributed by atoms with van der Waals surface area (Å²) in [5.74, 6) is -0.513. The predicted molar refractivity (Wildman–Crippen MR) is 131 cm³/mol. The van der Waals surface area contributed by atoms with Crippen LogP contribution in [0.4, 0.5) is 0 Å². The van der Waals surface area contributed by atoms with Crippen LogP contribution in [0.5, 0.6) is 0 Å². The fourth-order valence-electron chi connectivity index (χ4n) is 4.30. The number of aromatic amines is 1. The van der Waals surface area contributed by atoms with Crippen molar-refractivity contribution in [3.8, 4) is 0 Å². The van der Waals surface area contributed by atoms with E-state index in [1.807, 2.05) is 74.6 Å². The summed E-state index contributed by atoms with van der Waals surface area (Å²) in [4.78, 5) is 35.0. The van der Waals surface area contributed by atoms with Gasteiger partial charge in [-0.3, -0.25) is 15.1 Å². The van der Waals surface area contributed by atoms with Crippen molar-refractivity contribution >= 4 is 22.8 Å². The maximum Gasteiger partial charge on any atom is 0.345 e. The highest BCUT2D eigenvalue weighted by Crippen LogP contribution is 2.30. The molecule has 1 amide bonds. The number of amides is 1. The van der Waals surface area contributed by atoms with Gasteiger partial charge in [0.15, 0.2) is 0 Å². The van der Waals surface area contributed by atoms with Gasteiger partial charge < -0.3 is 15.0 Å². The molecular weight excluding hydrogens is 430 g/mol. The third kappa shape index (κ3) is 4.99. The highest BCUT2D eigenvalue weighted by atomic mass is 16.7. The zero-order valence-corrected chi connectivity index (χ0v) is 19.8. The maximum atomic E-state index is 13.0. The number of hydroxylamine groups is 1. The quantitative estimate of drug-likeness (QED) is 0.422. The van der Waals surface area contributed by atoms with Gasteiger partial charge in [-0.25, -0.2) is 4.79 Å². The highest BCUT2D eigenvalue weighted by molar-refractivity contribution is 5.89. The first kappa shape index (κ1) is 23.6. The number of H-pyrrole nitrogens is 1. The molecule has 7 nitrogen and oxygen atoms in total. The fraction of sp³-hybridized carbons (Fsp3) is 0.333. The van der Waals surface area contributed by atoms with Gasteiger partial charge in [0, 0.05) is 23.5 Å². The average molecular weight is 462 g/mol. The van der Waals surface area contributed by atoms with Gasteiger partial charge in [-0.2, -0.15) is 0 Å². The van der Waals surface area contributed by atoms with Gasteiger partial charge in [0.1, 0.15) is 0 Å². The molecule has 2 atom stereocenters. The molecule has 34 heavy (non-hydrogen) atoms. The Balaban J connectivity index is 1.55. The van der Waals surface area contributed by atoms with E-state index in [0.29, 0.717) is 12.1 Å². The van der Waals surface area contributed by atoms with Crippen molar-refractivity contribution in [2.45, 2.75) is 45.3 Å². The number of carbonyl (C=O) groups is 2. The van der Waals surface area contributed by atoms with E-state index in [9.17, 15) is 9.59 Å². The lowest BCUT2D eigenvalue weighted by atomic mass is 9.91. The Labute approximate surface area is 199 Å². The number of hydrogen-bond acceptors (Lipinski definition) is 5. The molecule has 4 rings (SSSR count). The molecule has 0 aliphatic carbocycles. The molecule has 1 aliphatic heterocycles. The second-order valence-electron chi connectivity index (χ2n) is 8.90. The maximum absolute atomic E-state index is 13.0. The van der Waals surface area contributed by atoms with Gasteiger partial charge in [-0.15, -0.1) is 0 Å². The van der Waals surface area contributed by atoms with Crippen LogP contribution in [0.3, 0.4) is 0 Å². The number of carbonyl (C=O) groups excluding carboxylic acids is 2. The molecule has 7 heteroatoms. The molecule has 1 unspecified atom stereocenters. The molecule has 178 valence electrons. The van der Waals surface area contributed by atoms with Crippen LogP contribution in [-0.4, -0.2) is 35.1 Å². The Morgan fingerprint density at radius 3 is 2.56 bits per heavy atom. The number of para-hydroxylation sites is 1. The molecule has 2 aromatic carbocycles. The number of esters is 1. The molecule has 2 heterocycles. The normalized spacial score (nSPS) is 18.4. The zero-order valence-electron chi connectivity index (χ0n) is 19.8. The Bertz CT molecular complexity index is 1180. The van der Waals surface area contributed by atoms with Crippen LogP contribution in [0.2, 0.25) is 0 Å². The van der Waals surface area contributed by atoms with E-state index >= 15 is 0 Å². The molecule has 0 fully saturated rings. The van der Waals surface area contributed by atoms with Gasteiger partial charge >= 0.3 is 5.97 Å². The SMILES string of the molecule is CCOC(=O)C1(Cc2ccccc2)C=C([C@@H](NC(=O)Cc2c[nH]c3ccccc23)C(C)C)NO1. The second kappa shape index (κ2) is 10.1. The molecule has 1 aliphatic rings. The first-order chi connectivity index (χ1) is 16.4. The number of rotatable bonds is 9. The minimum absolute atomic E-state index is 0.0592. The van der Waals surface area contributed by atoms with E-state index in [-0.39, 0.29) is 30.9 Å². The standard InChI is InChI=1S/C27H31N3O4/c1-4-33-26(32)27(15-19-10-6-5-7-11-19)16-23(30-34-27)25(18(2)3)29-24(31)14-20-17-28-22-13-9-8-12-21(20)22/h5-13,16-18,25,28,30H,4,14-15H2,1-3H3,(H,29,31)/t25-,27?/m0/s1. The lowest BCUT2D eigenvalue weighted by molar-refractivity contribution is -0.168. The Morgan fingerprint density at radius 2 is 1.82 bits per heavy atom. The topological polar surface area (TPSA) is 92.5 Å². The third-order valence-corrected chi connectivity index (χ3v) is 6.01. The zero-order chi connectivity index (χ0) is 24.1. The number of ether oxygens (including phenoxy) is 1. The Morgan fingerprint density at radius 1 is 1.09 bits per heavy atom. The Hall–Kier alpha value is -3.58. The number of aromatic nitrogens is 1. The molecule has 3 N–H and O–H groups in total. The number of fused-ring (bicyclic) bond motifs is 1. The van der Waals surface area contributed by atoms with Crippen molar-refractivity contribution < 1.29 is 19.2 Å². The van der Waals surface area contributed by atoms with Crippen molar-refractivity contribution in [3.05, 3.63) is 83.7 Å². The van der Waals surface area contributed by atoms with Gasteiger partial charge in [0.25, 0.3) is 0 Å². The van der Waals surface area contributed by atoms with Crippen LogP contribution < -0.4 is 10.8 Å². The minimum Gasteiger partial charge on any atom is -0.464 e. The van der Waals surface area contributed by atoms with Crippen LogP contribution >= 0.6 is 0 Å². The van der Waals surface area contributed by atoms with E-state index in [1.165, 1.54) is 0 Å². The summed E-state index contributed by atoms with van der Waals surface area (Å²) in [6.07, 6.45) is 4.19. The summed E-state index contributed by atoms with van der Waals surface area (Å²) >= 11 is 0. The molecule has 0 saturated heterocycles. The van der Waals surface area contributed by atoms with E-state index < -0.39 is 11.6 Å². The van der Waals surface area contributed by atoms with E-state index in [0.717, 1.165) is 22.0 Å². The van der Waals surface area contributed by atoms with E-state index in [2.05, 4.69) is 15.8 Å². The van der Waals surface area contributed by atoms with Crippen LogP contribution in [0.25, 0.3) is 10.9 Å². The third-order valence-electron chi connectivity index (χ3n) is 6.01. The van der Waals surface area contributed by atoms with Crippen LogP contribution in [-0.2, 0) is 32.0 Å². The lowest BCUT2D eigenvalue weighted by Gasteiger charge is -2.23. The predicted octanol–water partition coefficient (Wildman–Crippen LogP) is 3.81. The molecule has 0 radical (unpaired) electrons. The fourth-order valence-corrected chi connectivity index (χ4v) is 4.30. The summed E-state index contributed by atoms with van der Waals surface area (Å²) in [5, 5.41) is 4.15. The number of benzene rings is 2. The smallest absolute Gasteiger partial charge is 0.345 e. The van der Waals surface area contributed by atoms with Crippen molar-refractivity contribution in [2.24, 2.45) is 5.92 Å². The molecule has 3 aromatic rings. The van der Waals surface area contributed by atoms with Crippen molar-refractivity contribution in [2.75, 3.05) is 6.61 Å². The first-order valence-corrected chi connectivity index (χ1v) is 11.6. The summed E-state index contributed by atoms with van der Waals surface area (Å²) in [6.45, 7) is 6.04. The van der Waals surface area contributed by atoms with Crippen molar-refractivity contribution in [1.29, 1.82) is 0 Å². The monoisotopic (exact) mass is 461 g/mol. The molecular formula is C27H31N3O4. The largest absolute Gasteiger partial charge is 0.464 e. The van der Waals surface area contributed by atoms with E-state index in [4.69, 9.17) is 9.57 Å². The van der Waals surface area contributed by atoms with Gasteiger partial charge in [0.05, 0.1) is 24.8 Å². The summed E-state index contributed by atoms with van der Waals surface area (Å²) in [5.41, 5.74) is 5.14. The van der Waals surface area contributed by atoms with Gasteiger partial charge in [-0.05, 0) is 36.1 Å². The highest BCUT2D eigenvalue weighted by Gasteiger charge is 2.46. The lowest BCUT2D eigenvalue weighted by Crippen LogP contribution is -2.43. The average Bonchev–Trinajstić information content (AvgIpc) is 3.43.